The second kappa shape index (κ2) is 5.19. The fraction of sp³-hybridized carbons (Fsp3) is 0.267. The number of methoxy groups -OCH3 is 1. The van der Waals surface area contributed by atoms with Crippen molar-refractivity contribution in [3.8, 4) is 5.75 Å². The lowest BCUT2D eigenvalue weighted by atomic mass is 9.99. The van der Waals surface area contributed by atoms with Crippen LogP contribution in [0.4, 0.5) is 0 Å². The van der Waals surface area contributed by atoms with Crippen LogP contribution in [0.2, 0.25) is 0 Å². The molecule has 0 aliphatic rings. The van der Waals surface area contributed by atoms with E-state index < -0.39 is 0 Å². The molecule has 1 heterocycles. The van der Waals surface area contributed by atoms with Gasteiger partial charge in [-0.1, -0.05) is 18.2 Å². The number of hydrogen-bond acceptors (Lipinski definition) is 3. The average molecular weight is 242 g/mol. The average Bonchev–Trinajstić information content (AvgIpc) is 2.38. The molecule has 0 aliphatic carbocycles. The number of nitrogens with two attached hydrogens (primary N) is 1. The number of hydrogen-bond donors (Lipinski definition) is 1. The molecular weight excluding hydrogens is 224 g/mol. The van der Waals surface area contributed by atoms with Crippen LogP contribution in [0.5, 0.6) is 5.75 Å². The van der Waals surface area contributed by atoms with Crippen molar-refractivity contribution < 1.29 is 4.74 Å². The first kappa shape index (κ1) is 12.6. The highest BCUT2D eigenvalue weighted by molar-refractivity contribution is 5.40. The summed E-state index contributed by atoms with van der Waals surface area (Å²) in [5, 5.41) is 0. The monoisotopic (exact) mass is 242 g/mol. The lowest BCUT2D eigenvalue weighted by molar-refractivity contribution is 0.411. The highest BCUT2D eigenvalue weighted by Gasteiger charge is 2.11. The highest BCUT2D eigenvalue weighted by Crippen LogP contribution is 2.25. The van der Waals surface area contributed by atoms with Crippen molar-refractivity contribution in [2.45, 2.75) is 19.9 Å². The quantitative estimate of drug-likeness (QED) is 0.900. The van der Waals surface area contributed by atoms with Gasteiger partial charge in [0.15, 0.2) is 0 Å². The largest absolute Gasteiger partial charge is 0.496 e. The van der Waals surface area contributed by atoms with E-state index in [0.29, 0.717) is 0 Å². The van der Waals surface area contributed by atoms with Crippen LogP contribution in [0.15, 0.2) is 36.7 Å². The van der Waals surface area contributed by atoms with Gasteiger partial charge >= 0.3 is 0 Å². The summed E-state index contributed by atoms with van der Waals surface area (Å²) >= 11 is 0. The van der Waals surface area contributed by atoms with E-state index in [1.165, 1.54) is 0 Å². The third-order valence-corrected chi connectivity index (χ3v) is 3.05. The molecule has 3 nitrogen and oxygen atoms in total. The van der Waals surface area contributed by atoms with E-state index in [2.05, 4.69) is 11.1 Å². The summed E-state index contributed by atoms with van der Waals surface area (Å²) in [6.45, 7) is 4.03. The first-order chi connectivity index (χ1) is 8.61. The Morgan fingerprint density at radius 1 is 1.11 bits per heavy atom. The number of pyridine rings is 1. The van der Waals surface area contributed by atoms with Gasteiger partial charge in [-0.25, -0.2) is 0 Å². The summed E-state index contributed by atoms with van der Waals surface area (Å²) in [6, 6.07) is 7.93. The van der Waals surface area contributed by atoms with Gasteiger partial charge in [0.05, 0.1) is 13.2 Å². The Labute approximate surface area is 108 Å². The molecule has 0 bridgehead atoms. The lowest BCUT2D eigenvalue weighted by Gasteiger charge is -2.15. The highest BCUT2D eigenvalue weighted by atomic mass is 16.5. The topological polar surface area (TPSA) is 48.1 Å². The van der Waals surface area contributed by atoms with E-state index in [0.717, 1.165) is 28.0 Å². The summed E-state index contributed by atoms with van der Waals surface area (Å²) in [5.41, 5.74) is 10.5. The van der Waals surface area contributed by atoms with Gasteiger partial charge in [-0.15, -0.1) is 0 Å². The van der Waals surface area contributed by atoms with Crippen molar-refractivity contribution in [3.05, 3.63) is 58.9 Å². The summed E-state index contributed by atoms with van der Waals surface area (Å²) in [7, 11) is 1.67. The summed E-state index contributed by atoms with van der Waals surface area (Å²) in [6.07, 6.45) is 3.63. The maximum atomic E-state index is 6.26. The molecule has 0 saturated heterocycles. The molecule has 0 radical (unpaired) electrons. The van der Waals surface area contributed by atoms with Gasteiger partial charge < -0.3 is 10.5 Å². The van der Waals surface area contributed by atoms with E-state index in [1.54, 1.807) is 7.11 Å². The lowest BCUT2D eigenvalue weighted by Crippen LogP contribution is -2.12. The van der Waals surface area contributed by atoms with Crippen LogP contribution in [0.25, 0.3) is 0 Å². The zero-order chi connectivity index (χ0) is 13.1. The van der Waals surface area contributed by atoms with Crippen molar-refractivity contribution in [2.24, 2.45) is 5.73 Å². The molecule has 1 aromatic carbocycles. The van der Waals surface area contributed by atoms with E-state index in [-0.39, 0.29) is 6.04 Å². The van der Waals surface area contributed by atoms with Crippen molar-refractivity contribution >= 4 is 0 Å². The van der Waals surface area contributed by atoms with Crippen molar-refractivity contribution in [2.75, 3.05) is 7.11 Å². The Balaban J connectivity index is 2.36. The molecule has 1 atom stereocenters. The van der Waals surface area contributed by atoms with Gasteiger partial charge in [-0.05, 0) is 42.2 Å². The maximum Gasteiger partial charge on any atom is 0.122 e. The minimum absolute atomic E-state index is 0.174. The molecule has 2 rings (SSSR count). The Kier molecular flexibility index (Phi) is 3.63. The number of aromatic nitrogens is 1. The SMILES string of the molecule is COc1cc(C(N)c2cncc(C)c2)ccc1C. The van der Waals surface area contributed by atoms with Crippen LogP contribution < -0.4 is 10.5 Å². The number of ether oxygens (including phenoxy) is 1. The Morgan fingerprint density at radius 2 is 1.89 bits per heavy atom. The second-order valence-electron chi connectivity index (χ2n) is 4.50. The minimum Gasteiger partial charge on any atom is -0.496 e. The Morgan fingerprint density at radius 3 is 2.56 bits per heavy atom. The zero-order valence-electron chi connectivity index (χ0n) is 11.0. The number of benzene rings is 1. The summed E-state index contributed by atoms with van der Waals surface area (Å²) in [4.78, 5) is 4.18. The van der Waals surface area contributed by atoms with Crippen LogP contribution in [0, 0.1) is 13.8 Å². The molecule has 2 N–H and O–H groups in total. The molecular formula is C15H18N2O. The molecule has 1 unspecified atom stereocenters. The van der Waals surface area contributed by atoms with Crippen LogP contribution in [0.1, 0.15) is 28.3 Å². The van der Waals surface area contributed by atoms with E-state index in [1.807, 2.05) is 44.4 Å². The standard InChI is InChI=1S/C15H18N2O/c1-10-6-13(9-17-8-10)15(16)12-5-4-11(2)14(7-12)18-3/h4-9,15H,16H2,1-3H3. The molecule has 2 aromatic rings. The molecule has 0 fully saturated rings. The third-order valence-electron chi connectivity index (χ3n) is 3.05. The number of aryl methyl sites for hydroxylation is 2. The Bertz CT molecular complexity index is 552. The smallest absolute Gasteiger partial charge is 0.122 e. The van der Waals surface area contributed by atoms with Gasteiger partial charge in [0, 0.05) is 12.4 Å². The Hall–Kier alpha value is -1.87. The molecule has 0 aliphatic heterocycles. The number of nitrogens with zero attached hydrogens (tertiary/aromatic N) is 1. The second-order valence-corrected chi connectivity index (χ2v) is 4.50. The summed E-state index contributed by atoms with van der Waals surface area (Å²) in [5.74, 6) is 0.864. The number of rotatable bonds is 3. The van der Waals surface area contributed by atoms with Gasteiger partial charge in [0.2, 0.25) is 0 Å². The predicted octanol–water partition coefficient (Wildman–Crippen LogP) is 2.76. The molecule has 3 heteroatoms. The molecule has 94 valence electrons. The van der Waals surface area contributed by atoms with Gasteiger partial charge in [-0.2, -0.15) is 0 Å². The molecule has 0 spiro atoms. The predicted molar refractivity (Wildman–Crippen MR) is 72.7 cm³/mol. The molecule has 0 saturated carbocycles. The zero-order valence-corrected chi connectivity index (χ0v) is 11.0. The maximum absolute atomic E-state index is 6.26. The van der Waals surface area contributed by atoms with E-state index in [4.69, 9.17) is 10.5 Å². The first-order valence-electron chi connectivity index (χ1n) is 5.93. The van der Waals surface area contributed by atoms with Crippen LogP contribution >= 0.6 is 0 Å². The van der Waals surface area contributed by atoms with E-state index in [9.17, 15) is 0 Å². The van der Waals surface area contributed by atoms with Crippen molar-refractivity contribution in [1.29, 1.82) is 0 Å². The molecule has 1 aromatic heterocycles. The van der Waals surface area contributed by atoms with Crippen LogP contribution in [0.3, 0.4) is 0 Å². The fourth-order valence-electron chi connectivity index (χ4n) is 1.97. The minimum atomic E-state index is -0.174. The fourth-order valence-corrected chi connectivity index (χ4v) is 1.97. The first-order valence-corrected chi connectivity index (χ1v) is 5.93. The van der Waals surface area contributed by atoms with Crippen LogP contribution in [-0.2, 0) is 0 Å². The van der Waals surface area contributed by atoms with Crippen LogP contribution in [-0.4, -0.2) is 12.1 Å². The molecule has 18 heavy (non-hydrogen) atoms. The van der Waals surface area contributed by atoms with Gasteiger partial charge in [0.25, 0.3) is 0 Å². The normalized spacial score (nSPS) is 12.2. The van der Waals surface area contributed by atoms with Crippen molar-refractivity contribution in [3.63, 3.8) is 0 Å². The van der Waals surface area contributed by atoms with Gasteiger partial charge in [0.1, 0.15) is 5.75 Å². The van der Waals surface area contributed by atoms with Crippen molar-refractivity contribution in [1.82, 2.24) is 4.98 Å². The third kappa shape index (κ3) is 2.51. The van der Waals surface area contributed by atoms with Gasteiger partial charge in [-0.3, -0.25) is 4.98 Å². The van der Waals surface area contributed by atoms with E-state index >= 15 is 0 Å². The summed E-state index contributed by atoms with van der Waals surface area (Å²) < 4.78 is 5.32. The molecule has 0 amide bonds.